The quantitative estimate of drug-likeness (QED) is 0.208. The van der Waals surface area contributed by atoms with Gasteiger partial charge in [-0.05, 0) is 59.7 Å². The topological polar surface area (TPSA) is 80.3 Å². The Morgan fingerprint density at radius 1 is 0.486 bits per heavy atom. The molecule has 7 heteroatoms. The van der Waals surface area contributed by atoms with Gasteiger partial charge in [-0.25, -0.2) is 9.59 Å². The van der Waals surface area contributed by atoms with Gasteiger partial charge in [-0.1, -0.05) is 60.7 Å². The summed E-state index contributed by atoms with van der Waals surface area (Å²) >= 11 is 0. The lowest BCUT2D eigenvalue weighted by atomic mass is 10.1. The monoisotopic (exact) mass is 470 g/mol. The van der Waals surface area contributed by atoms with Gasteiger partial charge in [0, 0.05) is 5.04 Å². The van der Waals surface area contributed by atoms with E-state index < -0.39 is 11.9 Å². The molecule has 0 unspecified atom stereocenters. The summed E-state index contributed by atoms with van der Waals surface area (Å²) in [6.07, 6.45) is -0.190. The second kappa shape index (κ2) is 12.0. The van der Waals surface area contributed by atoms with Crippen LogP contribution >= 0.6 is 0 Å². The fourth-order valence-corrected chi connectivity index (χ4v) is 3.17. The van der Waals surface area contributed by atoms with Crippen molar-refractivity contribution >= 4 is 11.9 Å². The fraction of sp³-hybridized carbons (Fsp3) is 0.0714. The highest BCUT2D eigenvalue weighted by molar-refractivity contribution is 5.73. The standard InChI is InChI=1S/C28H22O7/c29-27(19-21-9-7-15-25(17-21)31-23-11-3-1-4-12-23)33-35-34-28(30)20-22-10-8-16-26(18-22)32-24-13-5-2-6-14-24/h1-18H,19-20H2. The van der Waals surface area contributed by atoms with Gasteiger partial charge in [0.2, 0.25) is 0 Å². The van der Waals surface area contributed by atoms with Gasteiger partial charge in [0.15, 0.2) is 0 Å². The van der Waals surface area contributed by atoms with Gasteiger partial charge in [-0.15, -0.1) is 0 Å². The molecule has 0 saturated carbocycles. The summed E-state index contributed by atoms with van der Waals surface area (Å²) in [5.41, 5.74) is 1.29. The van der Waals surface area contributed by atoms with Crippen molar-refractivity contribution in [2.75, 3.05) is 0 Å². The molecule has 0 aliphatic carbocycles. The van der Waals surface area contributed by atoms with Crippen molar-refractivity contribution in [1.29, 1.82) is 0 Å². The Kier molecular flexibility index (Phi) is 8.08. The van der Waals surface area contributed by atoms with Crippen molar-refractivity contribution in [1.82, 2.24) is 0 Å². The van der Waals surface area contributed by atoms with Gasteiger partial charge in [-0.2, -0.15) is 0 Å². The molecule has 4 rings (SSSR count). The highest BCUT2D eigenvalue weighted by Crippen LogP contribution is 2.23. The molecule has 0 amide bonds. The smallest absolute Gasteiger partial charge is 0.351 e. The molecule has 0 spiro atoms. The van der Waals surface area contributed by atoms with Crippen molar-refractivity contribution in [3.8, 4) is 23.0 Å². The Bertz CT molecular complexity index is 1160. The molecule has 4 aromatic rings. The second-order valence-electron chi connectivity index (χ2n) is 7.46. The molecular formula is C28H22O7. The van der Waals surface area contributed by atoms with E-state index in [-0.39, 0.29) is 12.8 Å². The van der Waals surface area contributed by atoms with E-state index >= 15 is 0 Å². The molecule has 0 saturated heterocycles. The van der Waals surface area contributed by atoms with Crippen molar-refractivity contribution in [2.24, 2.45) is 0 Å². The summed E-state index contributed by atoms with van der Waals surface area (Å²) in [4.78, 5) is 33.2. The first-order chi connectivity index (χ1) is 17.1. The molecule has 7 nitrogen and oxygen atoms in total. The maximum Gasteiger partial charge on any atom is 0.351 e. The van der Waals surface area contributed by atoms with Gasteiger partial charge in [0.1, 0.15) is 23.0 Å². The van der Waals surface area contributed by atoms with Crippen molar-refractivity contribution in [2.45, 2.75) is 12.8 Å². The van der Waals surface area contributed by atoms with E-state index in [1.54, 1.807) is 48.5 Å². The van der Waals surface area contributed by atoms with Crippen LogP contribution < -0.4 is 9.47 Å². The zero-order valence-corrected chi connectivity index (χ0v) is 18.7. The minimum Gasteiger partial charge on any atom is -0.457 e. The first kappa shape index (κ1) is 23.5. The van der Waals surface area contributed by atoms with Crippen LogP contribution in [0.2, 0.25) is 0 Å². The zero-order chi connectivity index (χ0) is 24.3. The lowest BCUT2D eigenvalue weighted by Crippen LogP contribution is -2.13. The van der Waals surface area contributed by atoms with Crippen LogP contribution in [0.15, 0.2) is 109 Å². The molecule has 0 bridgehead atoms. The normalized spacial score (nSPS) is 10.3. The SMILES string of the molecule is O=C(Cc1cccc(Oc2ccccc2)c1)OOOC(=O)Cc1cccc(Oc2ccccc2)c1. The minimum absolute atomic E-state index is 0.0948. The second-order valence-corrected chi connectivity index (χ2v) is 7.46. The Hall–Kier alpha value is -4.62. The van der Waals surface area contributed by atoms with Crippen LogP contribution in [-0.2, 0) is 37.2 Å². The average molecular weight is 470 g/mol. The number of hydrogen-bond donors (Lipinski definition) is 0. The fourth-order valence-electron chi connectivity index (χ4n) is 3.17. The van der Waals surface area contributed by atoms with E-state index in [4.69, 9.17) is 9.47 Å². The molecule has 176 valence electrons. The molecule has 0 fully saturated rings. The third-order valence-electron chi connectivity index (χ3n) is 4.71. The number of ether oxygens (including phenoxy) is 2. The third kappa shape index (κ3) is 7.73. The van der Waals surface area contributed by atoms with Crippen LogP contribution in [-0.4, -0.2) is 11.9 Å². The molecule has 0 N–H and O–H groups in total. The summed E-state index contributed by atoms with van der Waals surface area (Å²) in [5, 5.41) is 4.39. The van der Waals surface area contributed by atoms with E-state index in [9.17, 15) is 9.59 Å². The molecule has 0 aromatic heterocycles. The van der Waals surface area contributed by atoms with Gasteiger partial charge < -0.3 is 9.47 Å². The maximum atomic E-state index is 12.0. The van der Waals surface area contributed by atoms with Gasteiger partial charge >= 0.3 is 11.9 Å². The summed E-state index contributed by atoms with van der Waals surface area (Å²) < 4.78 is 11.5. The molecule has 0 aliphatic heterocycles. The van der Waals surface area contributed by atoms with Crippen LogP contribution in [0.1, 0.15) is 11.1 Å². The first-order valence-electron chi connectivity index (χ1n) is 10.8. The van der Waals surface area contributed by atoms with Gasteiger partial charge in [0.25, 0.3) is 0 Å². The predicted molar refractivity (Wildman–Crippen MR) is 127 cm³/mol. The molecule has 4 aromatic carbocycles. The van der Waals surface area contributed by atoms with Crippen molar-refractivity contribution in [3.05, 3.63) is 120 Å². The van der Waals surface area contributed by atoms with E-state index in [1.807, 2.05) is 60.7 Å². The Morgan fingerprint density at radius 2 is 0.886 bits per heavy atom. The van der Waals surface area contributed by atoms with Crippen LogP contribution in [0, 0.1) is 0 Å². The maximum absolute atomic E-state index is 12.0. The average Bonchev–Trinajstić information content (AvgIpc) is 2.86. The predicted octanol–water partition coefficient (Wildman–Crippen LogP) is 5.99. The van der Waals surface area contributed by atoms with Crippen molar-refractivity contribution in [3.63, 3.8) is 0 Å². The van der Waals surface area contributed by atoms with Gasteiger partial charge in [-0.3, -0.25) is 9.78 Å². The number of carbonyl (C=O) groups is 2. The summed E-state index contributed by atoms with van der Waals surface area (Å²) in [7, 11) is 0. The van der Waals surface area contributed by atoms with Crippen LogP contribution in [0.4, 0.5) is 0 Å². The van der Waals surface area contributed by atoms with Crippen LogP contribution in [0.25, 0.3) is 0 Å². The number of rotatable bonds is 10. The lowest BCUT2D eigenvalue weighted by Gasteiger charge is -2.08. The van der Waals surface area contributed by atoms with Gasteiger partial charge in [0.05, 0.1) is 12.8 Å². The van der Waals surface area contributed by atoms with E-state index in [0.29, 0.717) is 34.1 Å². The highest BCUT2D eigenvalue weighted by atomic mass is 17.5. The number of para-hydroxylation sites is 2. The van der Waals surface area contributed by atoms with E-state index in [0.717, 1.165) is 0 Å². The Labute approximate surface area is 202 Å². The summed E-state index contributed by atoms with van der Waals surface area (Å²) in [6, 6.07) is 32.6. The summed E-state index contributed by atoms with van der Waals surface area (Å²) in [5.74, 6) is 1.06. The molecule has 35 heavy (non-hydrogen) atoms. The highest BCUT2D eigenvalue weighted by Gasteiger charge is 2.12. The van der Waals surface area contributed by atoms with E-state index in [1.165, 1.54) is 0 Å². The molecule has 0 aliphatic rings. The van der Waals surface area contributed by atoms with Crippen LogP contribution in [0.5, 0.6) is 23.0 Å². The number of hydrogen-bond acceptors (Lipinski definition) is 7. The number of carbonyl (C=O) groups excluding carboxylic acids is 2. The first-order valence-corrected chi connectivity index (χ1v) is 10.8. The van der Waals surface area contributed by atoms with Crippen molar-refractivity contribution < 1.29 is 33.9 Å². The van der Waals surface area contributed by atoms with E-state index in [2.05, 4.69) is 14.8 Å². The Morgan fingerprint density at radius 3 is 1.31 bits per heavy atom. The Balaban J connectivity index is 1.21. The lowest BCUT2D eigenvalue weighted by molar-refractivity contribution is -0.459. The molecule has 0 atom stereocenters. The van der Waals surface area contributed by atoms with Crippen LogP contribution in [0.3, 0.4) is 0 Å². The number of benzene rings is 4. The largest absolute Gasteiger partial charge is 0.457 e. The third-order valence-corrected chi connectivity index (χ3v) is 4.71. The molecule has 0 radical (unpaired) electrons. The molecular weight excluding hydrogens is 448 g/mol. The summed E-state index contributed by atoms with van der Waals surface area (Å²) in [6.45, 7) is 0. The molecule has 0 heterocycles. The minimum atomic E-state index is -0.729. The zero-order valence-electron chi connectivity index (χ0n) is 18.7.